The lowest BCUT2D eigenvalue weighted by Crippen LogP contribution is -1.85. The Balaban J connectivity index is 2.46. The highest BCUT2D eigenvalue weighted by molar-refractivity contribution is 5.45. The van der Waals surface area contributed by atoms with Gasteiger partial charge in [-0.2, -0.15) is 5.21 Å². The van der Waals surface area contributed by atoms with Gasteiger partial charge in [-0.3, -0.25) is 15.3 Å². The summed E-state index contributed by atoms with van der Waals surface area (Å²) in [6.45, 7) is 0. The molecule has 2 rings (SSSR count). The molecule has 11 heavy (non-hydrogen) atoms. The topological polar surface area (TPSA) is 65.7 Å². The summed E-state index contributed by atoms with van der Waals surface area (Å²) in [5.41, 5.74) is 0.692. The van der Waals surface area contributed by atoms with Crippen LogP contribution in [0.5, 0.6) is 0 Å². The van der Waals surface area contributed by atoms with Crippen LogP contribution < -0.4 is 5.10 Å². The van der Waals surface area contributed by atoms with Gasteiger partial charge in [-0.05, 0) is 12.1 Å². The number of pyridine rings is 1. The minimum absolute atomic E-state index is 0.464. The summed E-state index contributed by atoms with van der Waals surface area (Å²) in [5, 5.41) is 14.0. The smallest absolute Gasteiger partial charge is 0.0772 e. The van der Waals surface area contributed by atoms with Gasteiger partial charge in [0.05, 0.1) is 11.5 Å². The number of nitrogens with zero attached hydrogens (tertiary/aromatic N) is 5. The molecule has 2 aromatic rings. The average molecular weight is 146 g/mol. The second-order valence-corrected chi connectivity index (χ2v) is 1.92. The van der Waals surface area contributed by atoms with Gasteiger partial charge in [-0.1, -0.05) is 6.07 Å². The molecule has 54 valence electrons. The van der Waals surface area contributed by atoms with Crippen LogP contribution in [0.15, 0.2) is 24.4 Å². The Morgan fingerprint density at radius 3 is 2.91 bits per heavy atom. The summed E-state index contributed by atoms with van der Waals surface area (Å²) in [6, 6.07) is 5.49. The van der Waals surface area contributed by atoms with Crippen molar-refractivity contribution < 1.29 is 0 Å². The van der Waals surface area contributed by atoms with E-state index in [1.165, 1.54) is 0 Å². The van der Waals surface area contributed by atoms with Gasteiger partial charge in [-0.15, -0.1) is 0 Å². The first-order valence-corrected chi connectivity index (χ1v) is 3.07. The van der Waals surface area contributed by atoms with Crippen molar-refractivity contribution in [2.24, 2.45) is 0 Å². The molecule has 5 heteroatoms. The first-order chi connectivity index (χ1) is 5.47. The van der Waals surface area contributed by atoms with Crippen LogP contribution in [0.4, 0.5) is 0 Å². The number of tetrazole rings is 1. The van der Waals surface area contributed by atoms with E-state index in [9.17, 15) is 0 Å². The van der Waals surface area contributed by atoms with Crippen LogP contribution in [0.25, 0.3) is 11.5 Å². The summed E-state index contributed by atoms with van der Waals surface area (Å²) in [7, 11) is 0. The van der Waals surface area contributed by atoms with E-state index in [4.69, 9.17) is 0 Å². The molecule has 0 aliphatic carbocycles. The fourth-order valence-electron chi connectivity index (χ4n) is 0.742. The minimum atomic E-state index is 0.464. The van der Waals surface area contributed by atoms with Crippen molar-refractivity contribution in [3.63, 3.8) is 0 Å². The van der Waals surface area contributed by atoms with E-state index in [-0.39, 0.29) is 0 Å². The summed E-state index contributed by atoms with van der Waals surface area (Å²) >= 11 is 0. The van der Waals surface area contributed by atoms with E-state index in [0.717, 1.165) is 0 Å². The zero-order valence-electron chi connectivity index (χ0n) is 5.55. The molecule has 0 aliphatic heterocycles. The highest BCUT2D eigenvalue weighted by atomic mass is 15.5. The molecule has 0 atom stereocenters. The van der Waals surface area contributed by atoms with E-state index in [1.807, 2.05) is 12.1 Å². The van der Waals surface area contributed by atoms with E-state index in [0.29, 0.717) is 11.5 Å². The highest BCUT2D eigenvalue weighted by Crippen LogP contribution is 2.05. The fourth-order valence-corrected chi connectivity index (χ4v) is 0.742. The van der Waals surface area contributed by atoms with Crippen LogP contribution in [-0.2, 0) is 0 Å². The normalized spacial score (nSPS) is 9.82. The van der Waals surface area contributed by atoms with Crippen molar-refractivity contribution in [2.45, 2.75) is 0 Å². The maximum absolute atomic E-state index is 4.02. The lowest BCUT2D eigenvalue weighted by Gasteiger charge is -1.95. The van der Waals surface area contributed by atoms with Crippen molar-refractivity contribution in [1.82, 2.24) is 25.6 Å². The van der Waals surface area contributed by atoms with Crippen LogP contribution in [0.2, 0.25) is 0 Å². The Morgan fingerprint density at radius 1 is 1.27 bits per heavy atom. The molecule has 0 unspecified atom stereocenters. The number of hydrogen-bond donors (Lipinski definition) is 0. The van der Waals surface area contributed by atoms with Crippen molar-refractivity contribution >= 4 is 0 Å². The van der Waals surface area contributed by atoms with Gasteiger partial charge in [0, 0.05) is 6.20 Å². The molecule has 0 fully saturated rings. The quantitative estimate of drug-likeness (QED) is 0.561. The monoisotopic (exact) mass is 146 g/mol. The minimum Gasteiger partial charge on any atom is -0.329 e. The molecule has 0 saturated heterocycles. The molecule has 0 radical (unpaired) electrons. The zero-order chi connectivity index (χ0) is 7.52. The summed E-state index contributed by atoms with van der Waals surface area (Å²) in [6.07, 6.45) is 1.67. The third-order valence-electron chi connectivity index (χ3n) is 1.21. The molecule has 0 saturated carbocycles. The van der Waals surface area contributed by atoms with Crippen molar-refractivity contribution in [3.05, 3.63) is 24.4 Å². The van der Waals surface area contributed by atoms with Crippen LogP contribution in [0, 0.1) is 0 Å². The van der Waals surface area contributed by atoms with Gasteiger partial charge < -0.3 is 5.10 Å². The molecular formula is C6H4N5-. The lowest BCUT2D eigenvalue weighted by atomic mass is 10.3. The van der Waals surface area contributed by atoms with Gasteiger partial charge in [-0.25, -0.2) is 0 Å². The molecule has 0 spiro atoms. The first kappa shape index (κ1) is 5.96. The van der Waals surface area contributed by atoms with Crippen LogP contribution in [0.1, 0.15) is 0 Å². The van der Waals surface area contributed by atoms with Gasteiger partial charge in [0.1, 0.15) is 0 Å². The Bertz CT molecular complexity index is 314. The molecule has 2 heterocycles. The van der Waals surface area contributed by atoms with Crippen LogP contribution in [-0.4, -0.2) is 20.5 Å². The zero-order valence-corrected chi connectivity index (χ0v) is 5.55. The lowest BCUT2D eigenvalue weighted by molar-refractivity contribution is 0.871. The van der Waals surface area contributed by atoms with E-state index in [2.05, 4.69) is 25.6 Å². The summed E-state index contributed by atoms with van der Waals surface area (Å²) in [5.74, 6) is 0.464. The molecule has 0 N–H and O–H groups in total. The first-order valence-electron chi connectivity index (χ1n) is 3.07. The molecular weight excluding hydrogens is 142 g/mol. The SMILES string of the molecule is c1ccc(-c2nnn[n-]2)nc1. The summed E-state index contributed by atoms with van der Waals surface area (Å²) in [4.78, 5) is 4.02. The predicted molar refractivity (Wildman–Crippen MR) is 36.4 cm³/mol. The fraction of sp³-hybridized carbons (Fsp3) is 0. The molecule has 0 bridgehead atoms. The van der Waals surface area contributed by atoms with Gasteiger partial charge >= 0.3 is 0 Å². The Kier molecular flexibility index (Phi) is 1.33. The summed E-state index contributed by atoms with van der Waals surface area (Å²) < 4.78 is 0. The third kappa shape index (κ3) is 1.07. The van der Waals surface area contributed by atoms with Gasteiger partial charge in [0.15, 0.2) is 0 Å². The van der Waals surface area contributed by atoms with Crippen LogP contribution >= 0.6 is 0 Å². The molecule has 2 aromatic heterocycles. The predicted octanol–water partition coefficient (Wildman–Crippen LogP) is -0.109. The Labute approximate surface area is 62.5 Å². The molecule has 0 amide bonds. The van der Waals surface area contributed by atoms with Crippen LogP contribution in [0.3, 0.4) is 0 Å². The molecule has 5 nitrogen and oxygen atoms in total. The van der Waals surface area contributed by atoms with Crippen molar-refractivity contribution in [3.8, 4) is 11.5 Å². The van der Waals surface area contributed by atoms with E-state index >= 15 is 0 Å². The number of rotatable bonds is 1. The maximum atomic E-state index is 4.02. The highest BCUT2D eigenvalue weighted by Gasteiger charge is 1.91. The standard InChI is InChI=1S/C6H4N5/c1-2-4-7-5(3-1)6-8-10-11-9-6/h1-4H/q-1. The van der Waals surface area contributed by atoms with Gasteiger partial charge in [0.2, 0.25) is 0 Å². The second kappa shape index (κ2) is 2.45. The number of hydrogen-bond acceptors (Lipinski definition) is 4. The largest absolute Gasteiger partial charge is 0.329 e. The van der Waals surface area contributed by atoms with Crippen molar-refractivity contribution in [2.75, 3.05) is 0 Å². The third-order valence-corrected chi connectivity index (χ3v) is 1.21. The maximum Gasteiger partial charge on any atom is 0.0772 e. The Hall–Kier alpha value is -1.78. The van der Waals surface area contributed by atoms with E-state index in [1.54, 1.807) is 12.3 Å². The number of aromatic nitrogens is 5. The molecule has 0 aromatic carbocycles. The van der Waals surface area contributed by atoms with Gasteiger partial charge in [0.25, 0.3) is 0 Å². The molecule has 0 aliphatic rings. The van der Waals surface area contributed by atoms with E-state index < -0.39 is 0 Å². The average Bonchev–Trinajstić information content (AvgIpc) is 2.58. The second-order valence-electron chi connectivity index (χ2n) is 1.92. The Morgan fingerprint density at radius 2 is 2.27 bits per heavy atom. The van der Waals surface area contributed by atoms with Crippen molar-refractivity contribution in [1.29, 1.82) is 0 Å².